The molecule has 72 valence electrons. The van der Waals surface area contributed by atoms with E-state index in [4.69, 9.17) is 11.6 Å². The Hall–Kier alpha value is -0.870. The molecule has 4 nitrogen and oxygen atoms in total. The third kappa shape index (κ3) is 4.65. The Morgan fingerprint density at radius 1 is 1.62 bits per heavy atom. The Morgan fingerprint density at radius 3 is 3.08 bits per heavy atom. The summed E-state index contributed by atoms with van der Waals surface area (Å²) in [4.78, 5) is 0. The van der Waals surface area contributed by atoms with Crippen molar-refractivity contribution in [2.75, 3.05) is 13.1 Å². The van der Waals surface area contributed by atoms with Gasteiger partial charge in [-0.15, -0.1) is 5.10 Å². The van der Waals surface area contributed by atoms with E-state index in [2.05, 4.69) is 22.2 Å². The topological polar surface area (TPSA) is 42.7 Å². The van der Waals surface area contributed by atoms with E-state index < -0.39 is 0 Å². The Balaban J connectivity index is 1.99. The molecule has 0 saturated heterocycles. The highest BCUT2D eigenvalue weighted by molar-refractivity contribution is 6.29. The summed E-state index contributed by atoms with van der Waals surface area (Å²) < 4.78 is 1.80. The van der Waals surface area contributed by atoms with Gasteiger partial charge in [-0.25, -0.2) is 0 Å². The van der Waals surface area contributed by atoms with Crippen molar-refractivity contribution in [2.24, 2.45) is 0 Å². The fourth-order valence-corrected chi connectivity index (χ4v) is 1.04. The van der Waals surface area contributed by atoms with Crippen molar-refractivity contribution < 1.29 is 0 Å². The lowest BCUT2D eigenvalue weighted by molar-refractivity contribution is 0.539. The second-order valence-electron chi connectivity index (χ2n) is 2.71. The summed E-state index contributed by atoms with van der Waals surface area (Å²) in [6, 6.07) is 0. The molecule has 1 rings (SSSR count). The SMILES string of the molecule is C=C(Cl)CNCCCn1ccnn1. The molecule has 1 heterocycles. The Bertz CT molecular complexity index is 245. The molecule has 13 heavy (non-hydrogen) atoms. The van der Waals surface area contributed by atoms with Crippen LogP contribution in [-0.4, -0.2) is 28.1 Å². The number of nitrogens with one attached hydrogen (secondary N) is 1. The first kappa shape index (κ1) is 10.2. The van der Waals surface area contributed by atoms with Gasteiger partial charge in [0.1, 0.15) is 0 Å². The molecule has 0 aliphatic rings. The van der Waals surface area contributed by atoms with E-state index >= 15 is 0 Å². The molecule has 1 aromatic heterocycles. The van der Waals surface area contributed by atoms with Crippen molar-refractivity contribution in [3.05, 3.63) is 24.0 Å². The average Bonchev–Trinajstić information content (AvgIpc) is 2.55. The summed E-state index contributed by atoms with van der Waals surface area (Å²) in [6.45, 7) is 6.03. The molecule has 0 bridgehead atoms. The van der Waals surface area contributed by atoms with Crippen molar-refractivity contribution in [3.8, 4) is 0 Å². The van der Waals surface area contributed by atoms with Gasteiger partial charge in [0, 0.05) is 24.3 Å². The summed E-state index contributed by atoms with van der Waals surface area (Å²) >= 11 is 5.57. The molecule has 1 aromatic rings. The molecule has 0 fully saturated rings. The molecule has 5 heteroatoms. The highest BCUT2D eigenvalue weighted by Gasteiger charge is 1.92. The van der Waals surface area contributed by atoms with Gasteiger partial charge in [-0.1, -0.05) is 23.4 Å². The lowest BCUT2D eigenvalue weighted by Gasteiger charge is -2.02. The van der Waals surface area contributed by atoms with E-state index in [1.54, 1.807) is 10.9 Å². The second kappa shape index (κ2) is 5.72. The number of hydrogen-bond donors (Lipinski definition) is 1. The van der Waals surface area contributed by atoms with Crippen LogP contribution in [0.2, 0.25) is 0 Å². The molecule has 0 aliphatic heterocycles. The minimum absolute atomic E-state index is 0.640. The quantitative estimate of drug-likeness (QED) is 0.697. The zero-order valence-corrected chi connectivity index (χ0v) is 8.17. The minimum atomic E-state index is 0.640. The van der Waals surface area contributed by atoms with E-state index in [0.29, 0.717) is 11.6 Å². The third-order valence-corrected chi connectivity index (χ3v) is 1.66. The lowest BCUT2D eigenvalue weighted by atomic mass is 10.4. The van der Waals surface area contributed by atoms with Crippen molar-refractivity contribution in [3.63, 3.8) is 0 Å². The maximum absolute atomic E-state index is 5.57. The van der Waals surface area contributed by atoms with Gasteiger partial charge in [-0.2, -0.15) is 0 Å². The first-order valence-corrected chi connectivity index (χ1v) is 4.55. The summed E-state index contributed by atoms with van der Waals surface area (Å²) in [6.07, 6.45) is 4.53. The van der Waals surface area contributed by atoms with Gasteiger partial charge in [-0.3, -0.25) is 4.68 Å². The van der Waals surface area contributed by atoms with Crippen LogP contribution in [0, 0.1) is 0 Å². The van der Waals surface area contributed by atoms with Gasteiger partial charge in [0.2, 0.25) is 0 Å². The fourth-order valence-electron chi connectivity index (χ4n) is 0.942. The molecule has 0 aromatic carbocycles. The third-order valence-electron chi connectivity index (χ3n) is 1.53. The van der Waals surface area contributed by atoms with Crippen LogP contribution >= 0.6 is 11.6 Å². The maximum atomic E-state index is 5.57. The molecule has 0 unspecified atom stereocenters. The Morgan fingerprint density at radius 2 is 2.46 bits per heavy atom. The van der Waals surface area contributed by atoms with E-state index in [1.165, 1.54) is 0 Å². The van der Waals surface area contributed by atoms with E-state index in [0.717, 1.165) is 19.5 Å². The molecule has 1 N–H and O–H groups in total. The number of rotatable bonds is 6. The predicted molar refractivity (Wildman–Crippen MR) is 52.5 cm³/mol. The van der Waals surface area contributed by atoms with E-state index in [9.17, 15) is 0 Å². The highest BCUT2D eigenvalue weighted by Crippen LogP contribution is 1.92. The van der Waals surface area contributed by atoms with Crippen LogP contribution in [0.25, 0.3) is 0 Å². The van der Waals surface area contributed by atoms with Crippen LogP contribution in [-0.2, 0) is 6.54 Å². The average molecular weight is 201 g/mol. The van der Waals surface area contributed by atoms with Gasteiger partial charge in [0.15, 0.2) is 0 Å². The smallest absolute Gasteiger partial charge is 0.0692 e. The van der Waals surface area contributed by atoms with E-state index in [1.807, 2.05) is 6.20 Å². The minimum Gasteiger partial charge on any atom is -0.312 e. The summed E-state index contributed by atoms with van der Waals surface area (Å²) in [5, 5.41) is 11.3. The first-order chi connectivity index (χ1) is 6.29. The standard InChI is InChI=1S/C8H13ClN4/c1-8(9)7-10-3-2-5-13-6-4-11-12-13/h4,6,10H,1-3,5,7H2. The highest BCUT2D eigenvalue weighted by atomic mass is 35.5. The molecular formula is C8H13ClN4. The maximum Gasteiger partial charge on any atom is 0.0692 e. The number of halogens is 1. The van der Waals surface area contributed by atoms with Gasteiger partial charge in [-0.05, 0) is 13.0 Å². The summed E-state index contributed by atoms with van der Waals surface area (Å²) in [5.41, 5.74) is 0. The van der Waals surface area contributed by atoms with Crippen LogP contribution in [0.4, 0.5) is 0 Å². The Kier molecular flexibility index (Phi) is 4.49. The van der Waals surface area contributed by atoms with Gasteiger partial charge >= 0.3 is 0 Å². The number of hydrogen-bond acceptors (Lipinski definition) is 3. The summed E-state index contributed by atoms with van der Waals surface area (Å²) in [5.74, 6) is 0. The molecule has 0 saturated carbocycles. The van der Waals surface area contributed by atoms with E-state index in [-0.39, 0.29) is 0 Å². The van der Waals surface area contributed by atoms with Crippen LogP contribution in [0.15, 0.2) is 24.0 Å². The molecule has 0 atom stereocenters. The van der Waals surface area contributed by atoms with Crippen LogP contribution < -0.4 is 5.32 Å². The first-order valence-electron chi connectivity index (χ1n) is 4.17. The molecule has 0 radical (unpaired) electrons. The molecule has 0 amide bonds. The van der Waals surface area contributed by atoms with Crippen LogP contribution in [0.1, 0.15) is 6.42 Å². The van der Waals surface area contributed by atoms with Gasteiger partial charge in [0.05, 0.1) is 6.20 Å². The van der Waals surface area contributed by atoms with Gasteiger partial charge < -0.3 is 5.32 Å². The van der Waals surface area contributed by atoms with Crippen molar-refractivity contribution in [1.82, 2.24) is 20.3 Å². The number of nitrogens with zero attached hydrogens (tertiary/aromatic N) is 3. The zero-order valence-electron chi connectivity index (χ0n) is 7.41. The fraction of sp³-hybridized carbons (Fsp3) is 0.500. The van der Waals surface area contributed by atoms with Crippen molar-refractivity contribution >= 4 is 11.6 Å². The summed E-state index contributed by atoms with van der Waals surface area (Å²) in [7, 11) is 0. The Labute approximate surface area is 82.6 Å². The predicted octanol–water partition coefficient (Wildman–Crippen LogP) is 1.01. The molecular weight excluding hydrogens is 188 g/mol. The number of aromatic nitrogens is 3. The molecule has 0 aliphatic carbocycles. The monoisotopic (exact) mass is 200 g/mol. The lowest BCUT2D eigenvalue weighted by Crippen LogP contribution is -2.18. The zero-order chi connectivity index (χ0) is 9.52. The van der Waals surface area contributed by atoms with Crippen molar-refractivity contribution in [1.29, 1.82) is 0 Å². The number of aryl methyl sites for hydroxylation is 1. The second-order valence-corrected chi connectivity index (χ2v) is 3.25. The van der Waals surface area contributed by atoms with Crippen LogP contribution in [0.5, 0.6) is 0 Å². The van der Waals surface area contributed by atoms with Crippen LogP contribution in [0.3, 0.4) is 0 Å². The van der Waals surface area contributed by atoms with Crippen molar-refractivity contribution in [2.45, 2.75) is 13.0 Å². The molecule has 0 spiro atoms. The largest absolute Gasteiger partial charge is 0.312 e. The normalized spacial score (nSPS) is 10.2. The van der Waals surface area contributed by atoms with Gasteiger partial charge in [0.25, 0.3) is 0 Å².